The van der Waals surface area contributed by atoms with Gasteiger partial charge in [0.15, 0.2) is 7.14 Å². The first-order chi connectivity index (χ1) is 21.3. The van der Waals surface area contributed by atoms with Crippen LogP contribution in [0.1, 0.15) is 0 Å². The van der Waals surface area contributed by atoms with Crippen LogP contribution >= 0.6 is 7.14 Å². The van der Waals surface area contributed by atoms with Gasteiger partial charge in [0.25, 0.3) is 0 Å². The fourth-order valence-electron chi connectivity index (χ4n) is 4.64. The molecule has 0 spiro atoms. The molecule has 0 aliphatic carbocycles. The van der Waals surface area contributed by atoms with Crippen LogP contribution in [-0.2, 0) is 4.57 Å². The number of benzene rings is 6. The molecule has 0 saturated carbocycles. The van der Waals surface area contributed by atoms with Gasteiger partial charge in [0, 0.05) is 33.0 Å². The molecule has 0 unspecified atom stereocenters. The SMILES string of the molecule is Nc1ccc(Oc2ccc(P(=O)(c3ccc(Oc4ccc(N)cc4)cc3)c3ccc(Oc4ccc(N)cc4)cc3)cc2)cc1. The summed E-state index contributed by atoms with van der Waals surface area (Å²) >= 11 is 0. The fourth-order valence-corrected chi connectivity index (χ4v) is 7.24. The van der Waals surface area contributed by atoms with Gasteiger partial charge in [-0.3, -0.25) is 0 Å². The molecule has 0 aliphatic rings. The van der Waals surface area contributed by atoms with E-state index in [2.05, 4.69) is 0 Å². The summed E-state index contributed by atoms with van der Waals surface area (Å²) in [4.78, 5) is 0. The van der Waals surface area contributed by atoms with Gasteiger partial charge in [-0.2, -0.15) is 0 Å². The van der Waals surface area contributed by atoms with Crippen molar-refractivity contribution in [2.75, 3.05) is 17.2 Å². The van der Waals surface area contributed by atoms with Crippen LogP contribution in [0.15, 0.2) is 146 Å². The lowest BCUT2D eigenvalue weighted by molar-refractivity contribution is 0.482. The third kappa shape index (κ3) is 6.38. The number of hydrogen-bond donors (Lipinski definition) is 3. The Kier molecular flexibility index (Phi) is 7.96. The van der Waals surface area contributed by atoms with E-state index in [1.165, 1.54) is 0 Å². The van der Waals surface area contributed by atoms with Crippen LogP contribution in [0.4, 0.5) is 17.1 Å². The van der Waals surface area contributed by atoms with Crippen molar-refractivity contribution in [2.45, 2.75) is 0 Å². The average molecular weight is 600 g/mol. The molecule has 6 aromatic carbocycles. The van der Waals surface area contributed by atoms with E-state index in [1.807, 2.05) is 72.8 Å². The second kappa shape index (κ2) is 12.3. The Labute approximate surface area is 255 Å². The van der Waals surface area contributed by atoms with Crippen molar-refractivity contribution in [2.24, 2.45) is 0 Å². The van der Waals surface area contributed by atoms with Crippen molar-refractivity contribution in [3.05, 3.63) is 146 Å². The minimum atomic E-state index is -3.32. The molecule has 0 bridgehead atoms. The molecule has 6 rings (SSSR count). The molecule has 0 aromatic heterocycles. The number of anilines is 3. The zero-order valence-corrected chi connectivity index (χ0v) is 24.6. The lowest BCUT2D eigenvalue weighted by Crippen LogP contribution is -2.25. The molecule has 7 nitrogen and oxygen atoms in total. The van der Waals surface area contributed by atoms with Crippen LogP contribution in [0.2, 0.25) is 0 Å². The topological polar surface area (TPSA) is 123 Å². The highest BCUT2D eigenvalue weighted by Gasteiger charge is 2.30. The molecule has 0 saturated heterocycles. The fraction of sp³-hybridized carbons (Fsp3) is 0. The van der Waals surface area contributed by atoms with Crippen LogP contribution in [0.5, 0.6) is 34.5 Å². The lowest BCUT2D eigenvalue weighted by Gasteiger charge is -2.21. The minimum Gasteiger partial charge on any atom is -0.457 e. The van der Waals surface area contributed by atoms with Crippen molar-refractivity contribution in [3.8, 4) is 34.5 Å². The van der Waals surface area contributed by atoms with Gasteiger partial charge >= 0.3 is 0 Å². The highest BCUT2D eigenvalue weighted by molar-refractivity contribution is 7.85. The summed E-state index contributed by atoms with van der Waals surface area (Å²) in [7, 11) is -3.32. The van der Waals surface area contributed by atoms with E-state index < -0.39 is 7.14 Å². The molecule has 0 amide bonds. The smallest absolute Gasteiger partial charge is 0.171 e. The van der Waals surface area contributed by atoms with Gasteiger partial charge in [-0.15, -0.1) is 0 Å². The normalized spacial score (nSPS) is 11.1. The van der Waals surface area contributed by atoms with Gasteiger partial charge in [0.05, 0.1) is 0 Å². The monoisotopic (exact) mass is 599 g/mol. The van der Waals surface area contributed by atoms with Gasteiger partial charge in [-0.25, -0.2) is 0 Å². The van der Waals surface area contributed by atoms with Crippen LogP contribution in [0.3, 0.4) is 0 Å². The van der Waals surface area contributed by atoms with Gasteiger partial charge in [0.2, 0.25) is 0 Å². The Bertz CT molecular complexity index is 1670. The van der Waals surface area contributed by atoms with Crippen molar-refractivity contribution in [1.29, 1.82) is 0 Å². The summed E-state index contributed by atoms with van der Waals surface area (Å²) < 4.78 is 33.1. The first-order valence-electron chi connectivity index (χ1n) is 13.9. The Morgan fingerprint density at radius 2 is 0.500 bits per heavy atom. The number of nitrogens with two attached hydrogens (primary N) is 3. The third-order valence-corrected chi connectivity index (χ3v) is 10.0. The maximum absolute atomic E-state index is 15.2. The minimum absolute atomic E-state index is 0.615. The quantitative estimate of drug-likeness (QED) is 0.117. The van der Waals surface area contributed by atoms with E-state index in [0.29, 0.717) is 67.5 Å². The second-order valence-electron chi connectivity index (χ2n) is 10.1. The zero-order chi connectivity index (χ0) is 30.5. The first-order valence-corrected chi connectivity index (χ1v) is 15.6. The van der Waals surface area contributed by atoms with E-state index in [1.54, 1.807) is 72.8 Å². The van der Waals surface area contributed by atoms with E-state index in [9.17, 15) is 0 Å². The maximum atomic E-state index is 15.2. The predicted molar refractivity (Wildman–Crippen MR) is 179 cm³/mol. The molecule has 218 valence electrons. The lowest BCUT2D eigenvalue weighted by atomic mass is 10.3. The number of rotatable bonds is 9. The molecule has 0 atom stereocenters. The Morgan fingerprint density at radius 1 is 0.318 bits per heavy atom. The summed E-state index contributed by atoms with van der Waals surface area (Å²) in [5.74, 6) is 3.81. The molecular weight excluding hydrogens is 569 g/mol. The first kappa shape index (κ1) is 28.5. The van der Waals surface area contributed by atoms with Crippen LogP contribution in [0.25, 0.3) is 0 Å². The summed E-state index contributed by atoms with van der Waals surface area (Å²) in [6.07, 6.45) is 0. The highest BCUT2D eigenvalue weighted by atomic mass is 31.2. The van der Waals surface area contributed by atoms with Crippen LogP contribution in [0, 0.1) is 0 Å². The third-order valence-electron chi connectivity index (χ3n) is 6.95. The molecule has 0 heterocycles. The molecule has 44 heavy (non-hydrogen) atoms. The predicted octanol–water partition coefficient (Wildman–Crippen LogP) is 7.45. The van der Waals surface area contributed by atoms with E-state index in [4.69, 9.17) is 31.4 Å². The summed E-state index contributed by atoms with van der Waals surface area (Å²) in [6, 6.07) is 43.4. The Balaban J connectivity index is 1.32. The summed E-state index contributed by atoms with van der Waals surface area (Å²) in [6.45, 7) is 0. The van der Waals surface area contributed by atoms with Crippen molar-refractivity contribution < 1.29 is 18.8 Å². The molecule has 0 fully saturated rings. The molecule has 6 aromatic rings. The van der Waals surface area contributed by atoms with Crippen LogP contribution < -0.4 is 47.3 Å². The van der Waals surface area contributed by atoms with E-state index in [0.717, 1.165) is 0 Å². The molecule has 6 N–H and O–H groups in total. The maximum Gasteiger partial charge on any atom is 0.171 e. The number of hydrogen-bond acceptors (Lipinski definition) is 7. The van der Waals surface area contributed by atoms with E-state index in [-0.39, 0.29) is 0 Å². The number of ether oxygens (including phenoxy) is 3. The molecule has 0 aliphatic heterocycles. The largest absolute Gasteiger partial charge is 0.457 e. The van der Waals surface area contributed by atoms with Crippen LogP contribution in [-0.4, -0.2) is 0 Å². The average Bonchev–Trinajstić information content (AvgIpc) is 3.05. The van der Waals surface area contributed by atoms with Gasteiger partial charge in [0.1, 0.15) is 34.5 Å². The number of nitrogen functional groups attached to an aromatic ring is 3. The molecule has 0 radical (unpaired) electrons. The Hall–Kier alpha value is -5.65. The standard InChI is InChI=1S/C36H30N3O4P/c37-25-1-7-28(8-2-25)41-31-13-19-34(20-14-31)44(40,35-21-15-32(16-22-35)42-29-9-3-26(38)4-10-29)36-23-17-33(18-24-36)43-30-11-5-27(39)6-12-30/h1-24H,37-39H2. The molecular formula is C36H30N3O4P. The molecule has 8 heteroatoms. The van der Waals surface area contributed by atoms with Gasteiger partial charge in [-0.05, 0) is 146 Å². The summed E-state index contributed by atoms with van der Waals surface area (Å²) in [5.41, 5.74) is 19.3. The summed E-state index contributed by atoms with van der Waals surface area (Å²) in [5, 5.41) is 1.96. The van der Waals surface area contributed by atoms with Crippen molar-refractivity contribution >= 4 is 40.1 Å². The van der Waals surface area contributed by atoms with E-state index >= 15 is 4.57 Å². The second-order valence-corrected chi connectivity index (χ2v) is 12.9. The zero-order valence-electron chi connectivity index (χ0n) is 23.7. The van der Waals surface area contributed by atoms with Gasteiger partial charge < -0.3 is 36.0 Å². The Morgan fingerprint density at radius 3 is 0.705 bits per heavy atom. The van der Waals surface area contributed by atoms with Gasteiger partial charge in [-0.1, -0.05) is 0 Å². The highest BCUT2D eigenvalue weighted by Crippen LogP contribution is 2.44. The van der Waals surface area contributed by atoms with Crippen molar-refractivity contribution in [3.63, 3.8) is 0 Å². The van der Waals surface area contributed by atoms with Crippen molar-refractivity contribution in [1.82, 2.24) is 0 Å².